The van der Waals surface area contributed by atoms with Gasteiger partial charge in [0.15, 0.2) is 0 Å². The molecule has 1 atom stereocenters. The lowest BCUT2D eigenvalue weighted by Crippen LogP contribution is -2.58. The lowest BCUT2D eigenvalue weighted by atomic mass is 9.92. The predicted molar refractivity (Wildman–Crippen MR) is 87.2 cm³/mol. The first-order valence-electron chi connectivity index (χ1n) is 8.56. The summed E-state index contributed by atoms with van der Waals surface area (Å²) in [6.45, 7) is 1.74. The van der Waals surface area contributed by atoms with Crippen molar-refractivity contribution in [1.82, 2.24) is 9.80 Å². The third-order valence-electron chi connectivity index (χ3n) is 4.72. The Morgan fingerprint density at radius 2 is 1.92 bits per heavy atom. The summed E-state index contributed by atoms with van der Waals surface area (Å²) in [7, 11) is 0. The Hall–Kier alpha value is -2.02. The third kappa shape index (κ3) is 4.15. The number of morpholine rings is 1. The number of ether oxygens (including phenoxy) is 1. The third-order valence-corrected chi connectivity index (χ3v) is 4.72. The number of nitrogens with zero attached hydrogens (tertiary/aromatic N) is 2. The van der Waals surface area contributed by atoms with Gasteiger partial charge in [-0.1, -0.05) is 12.1 Å². The van der Waals surface area contributed by atoms with Crippen LogP contribution in [0.25, 0.3) is 0 Å². The van der Waals surface area contributed by atoms with Crippen LogP contribution in [0.4, 0.5) is 8.78 Å². The zero-order valence-corrected chi connectivity index (χ0v) is 14.0. The minimum absolute atomic E-state index is 0.000412. The van der Waals surface area contributed by atoms with Crippen molar-refractivity contribution in [2.45, 2.75) is 24.9 Å². The molecule has 1 aromatic carbocycles. The van der Waals surface area contributed by atoms with Crippen molar-refractivity contribution in [3.63, 3.8) is 0 Å². The van der Waals surface area contributed by atoms with E-state index in [1.807, 2.05) is 0 Å². The molecule has 0 radical (unpaired) electrons. The quantitative estimate of drug-likeness (QED) is 0.830. The van der Waals surface area contributed by atoms with E-state index < -0.39 is 17.4 Å². The molecule has 0 saturated carbocycles. The molecule has 2 fully saturated rings. The molecule has 2 aliphatic rings. The van der Waals surface area contributed by atoms with Gasteiger partial charge in [-0.15, -0.1) is 0 Å². The van der Waals surface area contributed by atoms with Crippen molar-refractivity contribution in [3.05, 3.63) is 35.6 Å². The largest absolute Gasteiger partial charge is 0.378 e. The molecule has 136 valence electrons. The second-order valence-corrected chi connectivity index (χ2v) is 6.60. The number of amides is 2. The van der Waals surface area contributed by atoms with Gasteiger partial charge in [-0.05, 0) is 30.5 Å². The minimum atomic E-state index is -2.05. The lowest BCUT2D eigenvalue weighted by Gasteiger charge is -2.40. The molecule has 25 heavy (non-hydrogen) atoms. The number of halogens is 2. The van der Waals surface area contributed by atoms with E-state index in [1.54, 1.807) is 6.07 Å². The first-order valence-corrected chi connectivity index (χ1v) is 8.56. The van der Waals surface area contributed by atoms with Crippen LogP contribution in [0.1, 0.15) is 18.4 Å². The van der Waals surface area contributed by atoms with Crippen molar-refractivity contribution < 1.29 is 23.1 Å². The first kappa shape index (κ1) is 17.8. The zero-order valence-electron chi connectivity index (χ0n) is 14.0. The molecule has 2 amide bonds. The average molecular weight is 352 g/mol. The maximum absolute atomic E-state index is 15.3. The second-order valence-electron chi connectivity index (χ2n) is 6.60. The van der Waals surface area contributed by atoms with Crippen LogP contribution < -0.4 is 0 Å². The fourth-order valence-corrected chi connectivity index (χ4v) is 3.38. The number of alkyl halides is 1. The fraction of sp³-hybridized carbons (Fsp3) is 0.556. The highest BCUT2D eigenvalue weighted by molar-refractivity contribution is 5.87. The summed E-state index contributed by atoms with van der Waals surface area (Å²) in [5.41, 5.74) is -1.51. The van der Waals surface area contributed by atoms with Crippen LogP contribution in [-0.2, 0) is 20.7 Å². The van der Waals surface area contributed by atoms with Crippen LogP contribution in [0.5, 0.6) is 0 Å². The molecule has 1 unspecified atom stereocenters. The summed E-state index contributed by atoms with van der Waals surface area (Å²) in [6, 6.07) is 5.80. The van der Waals surface area contributed by atoms with Crippen LogP contribution in [-0.4, -0.2) is 66.7 Å². The van der Waals surface area contributed by atoms with Crippen LogP contribution in [0.2, 0.25) is 0 Å². The molecule has 2 heterocycles. The molecule has 3 rings (SSSR count). The summed E-state index contributed by atoms with van der Waals surface area (Å²) < 4.78 is 33.7. The molecular formula is C18H22F2N2O3. The fourth-order valence-electron chi connectivity index (χ4n) is 3.38. The van der Waals surface area contributed by atoms with Crippen LogP contribution in [0.15, 0.2) is 24.3 Å². The van der Waals surface area contributed by atoms with Crippen molar-refractivity contribution in [2.75, 3.05) is 39.4 Å². The Morgan fingerprint density at radius 3 is 2.64 bits per heavy atom. The Balaban J connectivity index is 1.65. The van der Waals surface area contributed by atoms with Gasteiger partial charge in [0.1, 0.15) is 5.82 Å². The van der Waals surface area contributed by atoms with E-state index in [4.69, 9.17) is 4.74 Å². The molecule has 5 nitrogen and oxygen atoms in total. The molecule has 0 spiro atoms. The van der Waals surface area contributed by atoms with Gasteiger partial charge < -0.3 is 14.5 Å². The van der Waals surface area contributed by atoms with Crippen molar-refractivity contribution in [1.29, 1.82) is 0 Å². The highest BCUT2D eigenvalue weighted by Crippen LogP contribution is 2.28. The van der Waals surface area contributed by atoms with Crippen molar-refractivity contribution >= 4 is 11.8 Å². The van der Waals surface area contributed by atoms with Crippen LogP contribution in [0, 0.1) is 5.82 Å². The number of rotatable bonds is 3. The molecule has 7 heteroatoms. The monoisotopic (exact) mass is 352 g/mol. The van der Waals surface area contributed by atoms with Crippen LogP contribution in [0.3, 0.4) is 0 Å². The van der Waals surface area contributed by atoms with E-state index in [0.717, 1.165) is 0 Å². The average Bonchev–Trinajstić information content (AvgIpc) is 2.62. The highest BCUT2D eigenvalue weighted by Gasteiger charge is 2.46. The standard InChI is InChI=1S/C18H22F2N2O3/c19-15-4-1-3-14(11-15)12-16(23)22-6-2-5-18(20,13-22)17(24)21-7-9-25-10-8-21/h1,3-4,11H,2,5-10,12-13H2. The molecule has 2 aliphatic heterocycles. The number of hydrogen-bond donors (Lipinski definition) is 0. The minimum Gasteiger partial charge on any atom is -0.378 e. The Bertz CT molecular complexity index is 649. The molecule has 1 aromatic rings. The molecule has 0 bridgehead atoms. The molecule has 2 saturated heterocycles. The zero-order chi connectivity index (χ0) is 17.9. The smallest absolute Gasteiger partial charge is 0.262 e. The van der Waals surface area contributed by atoms with E-state index >= 15 is 4.39 Å². The number of benzene rings is 1. The van der Waals surface area contributed by atoms with E-state index in [0.29, 0.717) is 44.8 Å². The summed E-state index contributed by atoms with van der Waals surface area (Å²) in [4.78, 5) is 27.9. The topological polar surface area (TPSA) is 49.9 Å². The van der Waals surface area contributed by atoms with Crippen molar-refractivity contribution in [2.24, 2.45) is 0 Å². The number of carbonyl (C=O) groups excluding carboxylic acids is 2. The van der Waals surface area contributed by atoms with Gasteiger partial charge in [0.2, 0.25) is 11.6 Å². The Morgan fingerprint density at radius 1 is 1.16 bits per heavy atom. The number of piperidine rings is 1. The van der Waals surface area contributed by atoms with Crippen molar-refractivity contribution in [3.8, 4) is 0 Å². The van der Waals surface area contributed by atoms with Gasteiger partial charge in [0, 0.05) is 19.6 Å². The lowest BCUT2D eigenvalue weighted by molar-refractivity contribution is -0.154. The SMILES string of the molecule is O=C(Cc1cccc(F)c1)N1CCCC(F)(C(=O)N2CCOCC2)C1. The number of hydrogen-bond acceptors (Lipinski definition) is 3. The van der Waals surface area contributed by atoms with Gasteiger partial charge in [-0.2, -0.15) is 0 Å². The molecule has 0 aliphatic carbocycles. The van der Waals surface area contributed by atoms with Gasteiger partial charge >= 0.3 is 0 Å². The van der Waals surface area contributed by atoms with Gasteiger partial charge in [-0.3, -0.25) is 9.59 Å². The Labute approximate surface area is 145 Å². The van der Waals surface area contributed by atoms with E-state index in [1.165, 1.54) is 28.0 Å². The first-order chi connectivity index (χ1) is 12.0. The van der Waals surface area contributed by atoms with Gasteiger partial charge in [0.25, 0.3) is 5.91 Å². The van der Waals surface area contributed by atoms with E-state index in [2.05, 4.69) is 0 Å². The highest BCUT2D eigenvalue weighted by atomic mass is 19.1. The molecular weight excluding hydrogens is 330 g/mol. The maximum atomic E-state index is 15.3. The Kier molecular flexibility index (Phi) is 5.32. The second kappa shape index (κ2) is 7.47. The van der Waals surface area contributed by atoms with Gasteiger partial charge in [-0.25, -0.2) is 8.78 Å². The number of carbonyl (C=O) groups is 2. The predicted octanol–water partition coefficient (Wildman–Crippen LogP) is 1.56. The molecule has 0 aromatic heterocycles. The summed E-state index contributed by atoms with van der Waals surface area (Å²) in [6.07, 6.45) is 0.550. The van der Waals surface area contributed by atoms with E-state index in [9.17, 15) is 14.0 Å². The summed E-state index contributed by atoms with van der Waals surface area (Å²) in [5.74, 6) is -1.26. The molecule has 0 N–H and O–H groups in total. The maximum Gasteiger partial charge on any atom is 0.262 e. The normalized spacial score (nSPS) is 24.2. The van der Waals surface area contributed by atoms with E-state index in [-0.39, 0.29) is 25.3 Å². The number of likely N-dealkylation sites (tertiary alicyclic amines) is 1. The van der Waals surface area contributed by atoms with Crippen LogP contribution >= 0.6 is 0 Å². The summed E-state index contributed by atoms with van der Waals surface area (Å²) in [5, 5.41) is 0. The summed E-state index contributed by atoms with van der Waals surface area (Å²) >= 11 is 0. The van der Waals surface area contributed by atoms with Gasteiger partial charge in [0.05, 0.1) is 26.2 Å².